The van der Waals surface area contributed by atoms with E-state index in [1.807, 2.05) is 13.8 Å². The van der Waals surface area contributed by atoms with Gasteiger partial charge in [0, 0.05) is 25.3 Å². The van der Waals surface area contributed by atoms with Gasteiger partial charge in [0.25, 0.3) is 0 Å². The van der Waals surface area contributed by atoms with Crippen molar-refractivity contribution >= 4 is 5.96 Å². The molecule has 0 aliphatic rings. The third-order valence-electron chi connectivity index (χ3n) is 3.37. The summed E-state index contributed by atoms with van der Waals surface area (Å²) in [6, 6.07) is 6.22. The van der Waals surface area contributed by atoms with Crippen molar-refractivity contribution < 1.29 is 9.84 Å². The van der Waals surface area contributed by atoms with E-state index in [2.05, 4.69) is 47.7 Å². The predicted molar refractivity (Wildman–Crippen MR) is 96.0 cm³/mol. The third-order valence-corrected chi connectivity index (χ3v) is 3.37. The molecule has 0 heterocycles. The van der Waals surface area contributed by atoms with E-state index in [0.717, 1.165) is 30.2 Å². The van der Waals surface area contributed by atoms with E-state index in [4.69, 9.17) is 9.84 Å². The number of nitrogens with one attached hydrogen (secondary N) is 2. The number of aliphatic hydroxyl groups is 1. The second kappa shape index (κ2) is 10.9. The molecule has 0 aliphatic carbocycles. The van der Waals surface area contributed by atoms with E-state index in [9.17, 15) is 0 Å². The van der Waals surface area contributed by atoms with E-state index in [1.54, 1.807) is 0 Å². The molecule has 0 spiro atoms. The maximum atomic E-state index is 9.11. The van der Waals surface area contributed by atoms with Gasteiger partial charge in [0.05, 0.1) is 13.2 Å². The minimum Gasteiger partial charge on any atom is -0.493 e. The second-order valence-electron chi connectivity index (χ2n) is 5.82. The summed E-state index contributed by atoms with van der Waals surface area (Å²) in [5, 5.41) is 15.6. The number of aryl methyl sites for hydroxylation is 1. The monoisotopic (exact) mass is 321 g/mol. The van der Waals surface area contributed by atoms with Crippen LogP contribution in [-0.2, 0) is 6.54 Å². The summed E-state index contributed by atoms with van der Waals surface area (Å²) in [6.07, 6.45) is 0.986. The van der Waals surface area contributed by atoms with Gasteiger partial charge < -0.3 is 20.5 Å². The molecule has 1 aromatic rings. The van der Waals surface area contributed by atoms with Gasteiger partial charge in [0.15, 0.2) is 5.96 Å². The molecule has 0 saturated heterocycles. The Bertz CT molecular complexity index is 489. The standard InChI is InChI=1S/C18H31N3O2/c1-5-9-23-17-10-14(3)7-8-16(17)12-21-18(19-6-2)20-11-15(4)13-22/h7-8,10,15,22H,5-6,9,11-13H2,1-4H3,(H2,19,20,21). The van der Waals surface area contributed by atoms with E-state index in [-0.39, 0.29) is 12.5 Å². The van der Waals surface area contributed by atoms with Crippen LogP contribution in [0.25, 0.3) is 0 Å². The topological polar surface area (TPSA) is 65.9 Å². The lowest BCUT2D eigenvalue weighted by Crippen LogP contribution is -2.39. The number of rotatable bonds is 9. The minimum atomic E-state index is 0.166. The number of hydrogen-bond acceptors (Lipinski definition) is 3. The number of aliphatic imine (C=N–C) groups is 1. The van der Waals surface area contributed by atoms with Gasteiger partial charge in [0.1, 0.15) is 5.75 Å². The van der Waals surface area contributed by atoms with Crippen LogP contribution < -0.4 is 15.4 Å². The highest BCUT2D eigenvalue weighted by Gasteiger charge is 2.06. The number of nitrogens with zero attached hydrogens (tertiary/aromatic N) is 1. The molecule has 1 aromatic carbocycles. The summed E-state index contributed by atoms with van der Waals surface area (Å²) in [5.74, 6) is 1.87. The fourth-order valence-electron chi connectivity index (χ4n) is 1.98. The van der Waals surface area contributed by atoms with Gasteiger partial charge in [-0.05, 0) is 37.8 Å². The fraction of sp³-hybridized carbons (Fsp3) is 0.611. The zero-order valence-corrected chi connectivity index (χ0v) is 14.9. The highest BCUT2D eigenvalue weighted by atomic mass is 16.5. The van der Waals surface area contributed by atoms with Crippen LogP contribution in [0.15, 0.2) is 23.2 Å². The van der Waals surface area contributed by atoms with Crippen LogP contribution in [0.4, 0.5) is 0 Å². The first-order valence-electron chi connectivity index (χ1n) is 8.46. The molecule has 0 radical (unpaired) electrons. The molecule has 0 aliphatic heterocycles. The molecule has 0 bridgehead atoms. The molecule has 1 unspecified atom stereocenters. The first kappa shape index (κ1) is 19.3. The van der Waals surface area contributed by atoms with E-state index >= 15 is 0 Å². The van der Waals surface area contributed by atoms with Crippen molar-refractivity contribution in [2.45, 2.75) is 40.7 Å². The van der Waals surface area contributed by atoms with Crippen molar-refractivity contribution in [1.29, 1.82) is 0 Å². The molecule has 1 atom stereocenters. The zero-order chi connectivity index (χ0) is 17.1. The van der Waals surface area contributed by atoms with Gasteiger partial charge in [-0.2, -0.15) is 0 Å². The van der Waals surface area contributed by atoms with E-state index in [0.29, 0.717) is 19.7 Å². The van der Waals surface area contributed by atoms with E-state index < -0.39 is 0 Å². The summed E-state index contributed by atoms with van der Waals surface area (Å²) in [5.41, 5.74) is 2.27. The third kappa shape index (κ3) is 7.37. The second-order valence-corrected chi connectivity index (χ2v) is 5.82. The summed E-state index contributed by atoms with van der Waals surface area (Å²) >= 11 is 0. The van der Waals surface area contributed by atoms with Crippen molar-refractivity contribution in [2.75, 3.05) is 26.3 Å². The summed E-state index contributed by atoms with van der Waals surface area (Å²) in [4.78, 5) is 4.62. The number of ether oxygens (including phenoxy) is 1. The summed E-state index contributed by atoms with van der Waals surface area (Å²) in [7, 11) is 0. The molecular formula is C18H31N3O2. The molecule has 0 amide bonds. The lowest BCUT2D eigenvalue weighted by molar-refractivity contribution is 0.238. The van der Waals surface area contributed by atoms with Crippen molar-refractivity contribution in [2.24, 2.45) is 10.9 Å². The molecule has 5 nitrogen and oxygen atoms in total. The molecule has 3 N–H and O–H groups in total. The van der Waals surface area contributed by atoms with Crippen molar-refractivity contribution in [3.8, 4) is 5.75 Å². The maximum absolute atomic E-state index is 9.11. The maximum Gasteiger partial charge on any atom is 0.191 e. The number of aliphatic hydroxyl groups excluding tert-OH is 1. The smallest absolute Gasteiger partial charge is 0.191 e. The molecule has 0 saturated carbocycles. The largest absolute Gasteiger partial charge is 0.493 e. The molecule has 23 heavy (non-hydrogen) atoms. The lowest BCUT2D eigenvalue weighted by atomic mass is 10.1. The fourth-order valence-corrected chi connectivity index (χ4v) is 1.98. The molecule has 5 heteroatoms. The quantitative estimate of drug-likeness (QED) is 0.483. The van der Waals surface area contributed by atoms with Crippen LogP contribution in [0.5, 0.6) is 5.75 Å². The molecule has 130 valence electrons. The lowest BCUT2D eigenvalue weighted by Gasteiger charge is -2.15. The Hall–Kier alpha value is -1.75. The Balaban J connectivity index is 2.77. The van der Waals surface area contributed by atoms with Crippen LogP contribution in [-0.4, -0.2) is 37.4 Å². The summed E-state index contributed by atoms with van der Waals surface area (Å²) in [6.45, 7) is 11.1. The van der Waals surface area contributed by atoms with Gasteiger partial charge in [-0.3, -0.25) is 0 Å². The number of hydrogen-bond donors (Lipinski definition) is 3. The number of guanidine groups is 1. The number of benzene rings is 1. The van der Waals surface area contributed by atoms with Crippen LogP contribution >= 0.6 is 0 Å². The van der Waals surface area contributed by atoms with Crippen molar-refractivity contribution in [3.05, 3.63) is 29.3 Å². The van der Waals surface area contributed by atoms with E-state index in [1.165, 1.54) is 5.56 Å². The highest BCUT2D eigenvalue weighted by molar-refractivity contribution is 5.79. The molecule has 0 fully saturated rings. The summed E-state index contributed by atoms with van der Waals surface area (Å²) < 4.78 is 5.83. The Morgan fingerprint density at radius 2 is 2.09 bits per heavy atom. The predicted octanol–water partition coefficient (Wildman–Crippen LogP) is 2.47. The van der Waals surface area contributed by atoms with Crippen molar-refractivity contribution in [1.82, 2.24) is 10.6 Å². The first-order chi connectivity index (χ1) is 11.1. The van der Waals surface area contributed by atoms with Crippen LogP contribution in [0.3, 0.4) is 0 Å². The van der Waals surface area contributed by atoms with Gasteiger partial charge in [-0.15, -0.1) is 0 Å². The Morgan fingerprint density at radius 3 is 2.74 bits per heavy atom. The van der Waals surface area contributed by atoms with Crippen molar-refractivity contribution in [3.63, 3.8) is 0 Å². The molecular weight excluding hydrogens is 290 g/mol. The normalized spacial score (nSPS) is 12.8. The Labute approximate surface area is 140 Å². The molecule has 1 rings (SSSR count). The average molecular weight is 321 g/mol. The highest BCUT2D eigenvalue weighted by Crippen LogP contribution is 2.21. The molecule has 0 aromatic heterocycles. The first-order valence-corrected chi connectivity index (χ1v) is 8.46. The van der Waals surface area contributed by atoms with Gasteiger partial charge >= 0.3 is 0 Å². The zero-order valence-electron chi connectivity index (χ0n) is 14.9. The van der Waals surface area contributed by atoms with Crippen LogP contribution in [0.1, 0.15) is 38.3 Å². The van der Waals surface area contributed by atoms with Gasteiger partial charge in [0.2, 0.25) is 0 Å². The Morgan fingerprint density at radius 1 is 1.30 bits per heavy atom. The van der Waals surface area contributed by atoms with Gasteiger partial charge in [-0.1, -0.05) is 26.0 Å². The average Bonchev–Trinajstić information content (AvgIpc) is 2.56. The van der Waals surface area contributed by atoms with Crippen LogP contribution in [0, 0.1) is 12.8 Å². The van der Waals surface area contributed by atoms with Crippen LogP contribution in [0.2, 0.25) is 0 Å². The Kier molecular flexibility index (Phi) is 9.14. The SMILES string of the molecule is CCCOc1cc(C)ccc1CN=C(NCC)NCC(C)CO. The van der Waals surface area contributed by atoms with Gasteiger partial charge in [-0.25, -0.2) is 4.99 Å². The minimum absolute atomic E-state index is 0.166.